The van der Waals surface area contributed by atoms with E-state index in [2.05, 4.69) is 34.5 Å². The van der Waals surface area contributed by atoms with Crippen LogP contribution in [-0.2, 0) is 0 Å². The second-order valence-corrected chi connectivity index (χ2v) is 2.69. The number of benzene rings is 1. The molecule has 0 bridgehead atoms. The lowest BCUT2D eigenvalue weighted by molar-refractivity contribution is 1.13. The smallest absolute Gasteiger partial charge is 0.0362 e. The third kappa shape index (κ3) is 4.25. The maximum absolute atomic E-state index is 3.07. The Labute approximate surface area is 92.1 Å². The van der Waals surface area contributed by atoms with Crippen LogP contribution < -0.4 is 10.2 Å². The molecule has 0 unspecified atom stereocenters. The molecule has 1 N–H and O–H groups in total. The second kappa shape index (κ2) is 6.87. The van der Waals surface area contributed by atoms with Crippen LogP contribution in [0.5, 0.6) is 0 Å². The molecule has 2 nitrogen and oxygen atoms in total. The second-order valence-electron chi connectivity index (χ2n) is 2.69. The highest BCUT2D eigenvalue weighted by atomic mass is 35.5. The summed E-state index contributed by atoms with van der Waals surface area (Å²) < 4.78 is 0. The maximum atomic E-state index is 3.07. The number of halogens is 2. The van der Waals surface area contributed by atoms with E-state index in [0.717, 1.165) is 5.69 Å². The van der Waals surface area contributed by atoms with E-state index in [1.807, 2.05) is 21.1 Å². The zero-order valence-corrected chi connectivity index (χ0v) is 9.71. The first-order chi connectivity index (χ1) is 5.24. The van der Waals surface area contributed by atoms with E-state index >= 15 is 0 Å². The molecular formula is C9H16Cl2N2. The average molecular weight is 223 g/mol. The zero-order chi connectivity index (χ0) is 8.27. The van der Waals surface area contributed by atoms with E-state index in [9.17, 15) is 0 Å². The van der Waals surface area contributed by atoms with Crippen molar-refractivity contribution in [2.75, 3.05) is 31.4 Å². The molecule has 0 amide bonds. The molecule has 76 valence electrons. The van der Waals surface area contributed by atoms with E-state index in [4.69, 9.17) is 0 Å². The third-order valence-electron chi connectivity index (χ3n) is 1.67. The molecular weight excluding hydrogens is 207 g/mol. The molecule has 0 aromatic heterocycles. The Bertz CT molecular complexity index is 222. The van der Waals surface area contributed by atoms with Gasteiger partial charge in [0, 0.05) is 32.5 Å². The van der Waals surface area contributed by atoms with Crippen molar-refractivity contribution in [2.24, 2.45) is 0 Å². The molecule has 0 aliphatic heterocycles. The first-order valence-corrected chi connectivity index (χ1v) is 3.69. The highest BCUT2D eigenvalue weighted by molar-refractivity contribution is 5.85. The fourth-order valence-corrected chi connectivity index (χ4v) is 0.926. The van der Waals surface area contributed by atoms with E-state index < -0.39 is 0 Å². The van der Waals surface area contributed by atoms with Gasteiger partial charge in [0.15, 0.2) is 0 Å². The SMILES string of the molecule is CNc1ccc(N(C)C)cc1.Cl.Cl. The summed E-state index contributed by atoms with van der Waals surface area (Å²) in [5, 5.41) is 3.07. The van der Waals surface area contributed by atoms with Crippen molar-refractivity contribution in [2.45, 2.75) is 0 Å². The fraction of sp³-hybridized carbons (Fsp3) is 0.333. The molecule has 0 saturated carbocycles. The van der Waals surface area contributed by atoms with Crippen molar-refractivity contribution in [3.63, 3.8) is 0 Å². The fourth-order valence-electron chi connectivity index (χ4n) is 0.926. The van der Waals surface area contributed by atoms with Crippen molar-refractivity contribution in [3.05, 3.63) is 24.3 Å². The standard InChI is InChI=1S/C9H14N2.2ClH/c1-10-8-4-6-9(7-5-8)11(2)3;;/h4-7,10H,1-3H3;2*1H. The van der Waals surface area contributed by atoms with E-state index in [0.29, 0.717) is 0 Å². The van der Waals surface area contributed by atoms with Gasteiger partial charge in [-0.1, -0.05) is 0 Å². The molecule has 0 radical (unpaired) electrons. The highest BCUT2D eigenvalue weighted by Crippen LogP contribution is 2.14. The summed E-state index contributed by atoms with van der Waals surface area (Å²) >= 11 is 0. The third-order valence-corrected chi connectivity index (χ3v) is 1.67. The topological polar surface area (TPSA) is 15.3 Å². The molecule has 0 aliphatic rings. The minimum atomic E-state index is 0. The highest BCUT2D eigenvalue weighted by Gasteiger charge is 1.92. The normalized spacial score (nSPS) is 7.92. The molecule has 0 heterocycles. The van der Waals surface area contributed by atoms with Gasteiger partial charge in [0.05, 0.1) is 0 Å². The Kier molecular flexibility index (Phi) is 7.87. The Balaban J connectivity index is 0. The Morgan fingerprint density at radius 1 is 1.00 bits per heavy atom. The molecule has 1 rings (SSSR count). The van der Waals surface area contributed by atoms with Crippen LogP contribution in [0.15, 0.2) is 24.3 Å². The summed E-state index contributed by atoms with van der Waals surface area (Å²) in [4.78, 5) is 2.08. The Hall–Kier alpha value is -0.600. The molecule has 13 heavy (non-hydrogen) atoms. The summed E-state index contributed by atoms with van der Waals surface area (Å²) in [7, 11) is 5.99. The van der Waals surface area contributed by atoms with Crippen molar-refractivity contribution in [1.82, 2.24) is 0 Å². The summed E-state index contributed by atoms with van der Waals surface area (Å²) in [6.07, 6.45) is 0. The van der Waals surface area contributed by atoms with Gasteiger partial charge < -0.3 is 10.2 Å². The number of nitrogens with zero attached hydrogens (tertiary/aromatic N) is 1. The summed E-state index contributed by atoms with van der Waals surface area (Å²) in [6.45, 7) is 0. The van der Waals surface area contributed by atoms with Gasteiger partial charge in [-0.05, 0) is 24.3 Å². The number of rotatable bonds is 2. The van der Waals surface area contributed by atoms with Gasteiger partial charge in [0.1, 0.15) is 0 Å². The van der Waals surface area contributed by atoms with Gasteiger partial charge in [-0.15, -0.1) is 24.8 Å². The van der Waals surface area contributed by atoms with Crippen molar-refractivity contribution < 1.29 is 0 Å². The van der Waals surface area contributed by atoms with Gasteiger partial charge in [-0.2, -0.15) is 0 Å². The molecule has 0 aliphatic carbocycles. The van der Waals surface area contributed by atoms with Gasteiger partial charge in [-0.25, -0.2) is 0 Å². The Morgan fingerprint density at radius 3 is 1.77 bits per heavy atom. The largest absolute Gasteiger partial charge is 0.388 e. The van der Waals surface area contributed by atoms with Gasteiger partial charge in [0.2, 0.25) is 0 Å². The number of anilines is 2. The first-order valence-electron chi connectivity index (χ1n) is 3.69. The number of nitrogens with one attached hydrogen (secondary N) is 1. The quantitative estimate of drug-likeness (QED) is 0.829. The number of hydrogen-bond donors (Lipinski definition) is 1. The lowest BCUT2D eigenvalue weighted by atomic mass is 10.3. The predicted molar refractivity (Wildman–Crippen MR) is 64.8 cm³/mol. The monoisotopic (exact) mass is 222 g/mol. The lowest BCUT2D eigenvalue weighted by Gasteiger charge is -2.12. The Morgan fingerprint density at radius 2 is 1.46 bits per heavy atom. The molecule has 0 saturated heterocycles. The summed E-state index contributed by atoms with van der Waals surface area (Å²) in [5.74, 6) is 0. The first kappa shape index (κ1) is 14.9. The minimum absolute atomic E-state index is 0. The summed E-state index contributed by atoms with van der Waals surface area (Å²) in [5.41, 5.74) is 2.37. The minimum Gasteiger partial charge on any atom is -0.388 e. The van der Waals surface area contributed by atoms with E-state index in [1.165, 1.54) is 5.69 Å². The molecule has 0 atom stereocenters. The molecule has 0 spiro atoms. The van der Waals surface area contributed by atoms with Gasteiger partial charge in [0.25, 0.3) is 0 Å². The van der Waals surface area contributed by atoms with Gasteiger partial charge in [-0.3, -0.25) is 0 Å². The predicted octanol–water partition coefficient (Wildman–Crippen LogP) is 2.64. The molecule has 1 aromatic rings. The molecule has 1 aromatic carbocycles. The molecule has 4 heteroatoms. The molecule has 0 fully saturated rings. The number of hydrogen-bond acceptors (Lipinski definition) is 2. The van der Waals surface area contributed by atoms with Crippen molar-refractivity contribution in [3.8, 4) is 0 Å². The van der Waals surface area contributed by atoms with Crippen LogP contribution in [0.1, 0.15) is 0 Å². The maximum Gasteiger partial charge on any atom is 0.0362 e. The van der Waals surface area contributed by atoms with Crippen molar-refractivity contribution in [1.29, 1.82) is 0 Å². The van der Waals surface area contributed by atoms with Gasteiger partial charge >= 0.3 is 0 Å². The van der Waals surface area contributed by atoms with Crippen LogP contribution in [0.3, 0.4) is 0 Å². The van der Waals surface area contributed by atoms with Crippen molar-refractivity contribution >= 4 is 36.2 Å². The average Bonchev–Trinajstić information content (AvgIpc) is 2.05. The van der Waals surface area contributed by atoms with Crippen LogP contribution in [0.2, 0.25) is 0 Å². The van der Waals surface area contributed by atoms with Crippen LogP contribution >= 0.6 is 24.8 Å². The van der Waals surface area contributed by atoms with E-state index in [-0.39, 0.29) is 24.8 Å². The van der Waals surface area contributed by atoms with Crippen LogP contribution in [0.4, 0.5) is 11.4 Å². The van der Waals surface area contributed by atoms with Crippen LogP contribution in [-0.4, -0.2) is 21.1 Å². The van der Waals surface area contributed by atoms with E-state index in [1.54, 1.807) is 0 Å². The lowest BCUT2D eigenvalue weighted by Crippen LogP contribution is -2.08. The summed E-state index contributed by atoms with van der Waals surface area (Å²) in [6, 6.07) is 8.31. The van der Waals surface area contributed by atoms with Crippen LogP contribution in [0, 0.1) is 0 Å². The van der Waals surface area contributed by atoms with Crippen LogP contribution in [0.25, 0.3) is 0 Å². The zero-order valence-electron chi connectivity index (χ0n) is 8.07.